The van der Waals surface area contributed by atoms with Gasteiger partial charge in [-0.2, -0.15) is 10.2 Å². The van der Waals surface area contributed by atoms with Crippen LogP contribution < -0.4 is 16.0 Å². The highest BCUT2D eigenvalue weighted by Crippen LogP contribution is 2.37. The van der Waals surface area contributed by atoms with Gasteiger partial charge in [-0.1, -0.05) is 59.6 Å². The van der Waals surface area contributed by atoms with Crippen molar-refractivity contribution in [1.29, 1.82) is 0 Å². The molecular formula is C51H50Cl2N12O4. The van der Waals surface area contributed by atoms with Crippen LogP contribution in [0.2, 0.25) is 10.0 Å². The first-order valence-corrected chi connectivity index (χ1v) is 23.5. The Morgan fingerprint density at radius 3 is 1.64 bits per heavy atom. The number of hydrogen-bond acceptors (Lipinski definition) is 11. The molecule has 16 nitrogen and oxygen atoms in total. The van der Waals surface area contributed by atoms with Crippen molar-refractivity contribution in [2.45, 2.75) is 64.1 Å². The lowest BCUT2D eigenvalue weighted by molar-refractivity contribution is 0.0169. The quantitative estimate of drug-likeness (QED) is 0.132. The smallest absolute Gasteiger partial charge is 0.410 e. The van der Waals surface area contributed by atoms with Gasteiger partial charge in [-0.15, -0.1) is 0 Å². The molecule has 69 heavy (non-hydrogen) atoms. The predicted octanol–water partition coefficient (Wildman–Crippen LogP) is 10.3. The zero-order valence-corrected chi connectivity index (χ0v) is 39.8. The average molecular weight is 966 g/mol. The Balaban J connectivity index is 0.000000175. The van der Waals surface area contributed by atoms with Crippen LogP contribution in [0.3, 0.4) is 0 Å². The number of rotatable bonds is 8. The molecule has 8 heterocycles. The van der Waals surface area contributed by atoms with E-state index in [1.54, 1.807) is 90.6 Å². The van der Waals surface area contributed by atoms with Crippen molar-refractivity contribution < 1.29 is 19.1 Å². The number of benzene rings is 2. The minimum Gasteiger partial charge on any atom is -0.444 e. The average Bonchev–Trinajstić information content (AvgIpc) is 3.96. The van der Waals surface area contributed by atoms with Crippen molar-refractivity contribution in [3.63, 3.8) is 0 Å². The first kappa shape index (κ1) is 46.8. The van der Waals surface area contributed by atoms with Gasteiger partial charge < -0.3 is 25.6 Å². The maximum absolute atomic E-state index is 12.8. The molecule has 2 aliphatic rings. The normalized spacial score (nSPS) is 16.1. The minimum atomic E-state index is -0.564. The monoisotopic (exact) mass is 964 g/mol. The van der Waals surface area contributed by atoms with Crippen LogP contribution in [0, 0.1) is 0 Å². The molecule has 352 valence electrons. The highest BCUT2D eigenvalue weighted by Gasteiger charge is 2.31. The van der Waals surface area contributed by atoms with Gasteiger partial charge in [0.25, 0.3) is 11.8 Å². The number of nitrogens with zero attached hydrogens (tertiary/aromatic N) is 9. The highest BCUT2D eigenvalue weighted by atomic mass is 35.5. The van der Waals surface area contributed by atoms with E-state index >= 15 is 0 Å². The Hall–Kier alpha value is -7.27. The third-order valence-electron chi connectivity index (χ3n) is 11.8. The molecule has 2 fully saturated rings. The van der Waals surface area contributed by atoms with Gasteiger partial charge in [0.05, 0.1) is 33.2 Å². The summed E-state index contributed by atoms with van der Waals surface area (Å²) in [5.74, 6) is 0.543. The minimum absolute atomic E-state index is 0.0733. The van der Waals surface area contributed by atoms with Gasteiger partial charge in [0.2, 0.25) is 0 Å². The molecule has 2 saturated heterocycles. The number of carbonyl (C=O) groups excluding carboxylic acids is 3. The second kappa shape index (κ2) is 20.5. The van der Waals surface area contributed by atoms with E-state index in [1.165, 1.54) is 0 Å². The predicted molar refractivity (Wildman–Crippen MR) is 268 cm³/mol. The first-order valence-electron chi connectivity index (χ1n) is 22.8. The molecule has 0 saturated carbocycles. The third-order valence-corrected chi connectivity index (χ3v) is 12.3. The van der Waals surface area contributed by atoms with Gasteiger partial charge in [0, 0.05) is 89.8 Å². The third kappa shape index (κ3) is 10.7. The van der Waals surface area contributed by atoms with Gasteiger partial charge in [-0.25, -0.2) is 14.8 Å². The summed E-state index contributed by atoms with van der Waals surface area (Å²) in [7, 11) is 0. The van der Waals surface area contributed by atoms with E-state index < -0.39 is 5.60 Å². The molecule has 0 bridgehead atoms. The van der Waals surface area contributed by atoms with Crippen molar-refractivity contribution in [3.05, 3.63) is 143 Å². The number of ether oxygens (including phenoxy) is 1. The topological polar surface area (TPSA) is 187 Å². The fraction of sp³-hybridized carbons (Fsp3) is 0.275. The fourth-order valence-corrected chi connectivity index (χ4v) is 9.03. The van der Waals surface area contributed by atoms with Crippen molar-refractivity contribution in [2.75, 3.05) is 36.8 Å². The summed E-state index contributed by atoms with van der Waals surface area (Å²) in [6.07, 6.45) is 13.6. The van der Waals surface area contributed by atoms with Crippen LogP contribution in [-0.2, 0) is 4.74 Å². The molecule has 2 aliphatic heterocycles. The number of anilines is 2. The molecule has 0 spiro atoms. The summed E-state index contributed by atoms with van der Waals surface area (Å²) in [5.41, 5.74) is 5.41. The van der Waals surface area contributed by atoms with E-state index in [-0.39, 0.29) is 30.0 Å². The lowest BCUT2D eigenvalue weighted by atomic mass is 10.1. The highest BCUT2D eigenvalue weighted by molar-refractivity contribution is 6.35. The molecular weight excluding hydrogens is 916 g/mol. The van der Waals surface area contributed by atoms with E-state index in [9.17, 15) is 14.4 Å². The Morgan fingerprint density at radius 2 is 1.17 bits per heavy atom. The van der Waals surface area contributed by atoms with Gasteiger partial charge in [-0.05, 0) is 102 Å². The molecule has 8 aromatic rings. The summed E-state index contributed by atoms with van der Waals surface area (Å²) in [5, 5.41) is 21.7. The number of pyridine rings is 4. The van der Waals surface area contributed by atoms with Crippen LogP contribution in [0.1, 0.15) is 79.3 Å². The maximum atomic E-state index is 12.8. The summed E-state index contributed by atoms with van der Waals surface area (Å²) in [6, 6.07) is 25.5. The number of nitrogens with one attached hydrogen (secondary N) is 3. The van der Waals surface area contributed by atoms with Crippen molar-refractivity contribution >= 4 is 74.6 Å². The standard InChI is InChI=1S/C28H29ClN6O3.C23H21ClN6O/c1-28(2,3)38-27(37)34-14-6-7-20(17-34)35-25-21(15-30-16-22(25)29)24(33-35)18-9-11-19(12-10-18)26(36)32-23-8-4-5-13-31-23;24-19-14-26-13-18-21(29-30(22(18)19)17-4-3-10-25-12-17)15-6-8-16(9-7-15)23(31)28-20-5-1-2-11-27-20/h4-5,8-13,15-16,20H,6-7,14,17H2,1-3H3,(H,31,32,36);1-2,5-9,11,13-14,17,25H,3-4,10,12H2,(H,27,28,31)/t20-;17-/m11/s1. The van der Waals surface area contributed by atoms with E-state index in [1.807, 2.05) is 66.5 Å². The summed E-state index contributed by atoms with van der Waals surface area (Å²) in [6.45, 7) is 8.58. The molecule has 0 aliphatic carbocycles. The van der Waals surface area contributed by atoms with Gasteiger partial charge in [-0.3, -0.25) is 28.9 Å². The summed E-state index contributed by atoms with van der Waals surface area (Å²) in [4.78, 5) is 56.5. The number of carbonyl (C=O) groups is 3. The van der Waals surface area contributed by atoms with Crippen molar-refractivity contribution in [1.82, 2.24) is 49.7 Å². The number of halogens is 2. The molecule has 18 heteroatoms. The van der Waals surface area contributed by atoms with E-state index in [0.29, 0.717) is 51.6 Å². The Bertz CT molecular complexity index is 3100. The van der Waals surface area contributed by atoms with E-state index in [2.05, 4.69) is 35.9 Å². The number of fused-ring (bicyclic) bond motifs is 2. The Kier molecular flexibility index (Phi) is 13.9. The SMILES string of the molecule is CC(C)(C)OC(=O)N1CCC[C@@H](n2nc(-c3ccc(C(=O)Nc4ccccn4)cc3)c3cncc(Cl)c32)C1.O=C(Nc1ccccn1)c1ccc(-c2nn([C@@H]3CCCNC3)c3c(Cl)cncc23)cc1. The maximum Gasteiger partial charge on any atom is 0.410 e. The van der Waals surface area contributed by atoms with Crippen LogP contribution in [0.4, 0.5) is 16.4 Å². The summed E-state index contributed by atoms with van der Waals surface area (Å²) >= 11 is 13.1. The van der Waals surface area contributed by atoms with E-state index in [4.69, 9.17) is 38.1 Å². The van der Waals surface area contributed by atoms with Gasteiger partial charge in [0.1, 0.15) is 28.6 Å². The summed E-state index contributed by atoms with van der Waals surface area (Å²) < 4.78 is 9.54. The second-order valence-corrected chi connectivity index (χ2v) is 18.7. The lowest BCUT2D eigenvalue weighted by Crippen LogP contribution is -2.43. The second-order valence-electron chi connectivity index (χ2n) is 17.8. The van der Waals surface area contributed by atoms with Crippen LogP contribution in [-0.4, -0.2) is 94.1 Å². The number of piperidine rings is 2. The molecule has 3 N–H and O–H groups in total. The molecule has 3 amide bonds. The van der Waals surface area contributed by atoms with Crippen LogP contribution in [0.5, 0.6) is 0 Å². The molecule has 10 rings (SSSR count). The fourth-order valence-electron chi connectivity index (χ4n) is 8.54. The molecule has 2 aromatic carbocycles. The number of likely N-dealkylation sites (tertiary alicyclic amines) is 1. The van der Waals surface area contributed by atoms with Gasteiger partial charge in [0.15, 0.2) is 0 Å². The largest absolute Gasteiger partial charge is 0.444 e. The molecule has 6 aromatic heterocycles. The van der Waals surface area contributed by atoms with Crippen LogP contribution >= 0.6 is 23.2 Å². The van der Waals surface area contributed by atoms with E-state index in [0.717, 1.165) is 77.4 Å². The zero-order valence-electron chi connectivity index (χ0n) is 38.3. The van der Waals surface area contributed by atoms with Crippen molar-refractivity contribution in [3.8, 4) is 22.5 Å². The Labute approximate surface area is 408 Å². The molecule has 2 atom stereocenters. The Morgan fingerprint density at radius 1 is 0.667 bits per heavy atom. The number of aromatic nitrogens is 8. The number of hydrogen-bond donors (Lipinski definition) is 3. The first-order chi connectivity index (χ1) is 33.4. The van der Waals surface area contributed by atoms with Crippen LogP contribution in [0.25, 0.3) is 44.3 Å². The van der Waals surface area contributed by atoms with Crippen molar-refractivity contribution in [2.24, 2.45) is 0 Å². The zero-order chi connectivity index (χ0) is 48.1. The number of amides is 3. The molecule has 0 radical (unpaired) electrons. The molecule has 0 unspecified atom stereocenters. The van der Waals surface area contributed by atoms with Gasteiger partial charge >= 0.3 is 6.09 Å². The van der Waals surface area contributed by atoms with Crippen LogP contribution in [0.15, 0.2) is 122 Å². The lowest BCUT2D eigenvalue weighted by Gasteiger charge is -2.34.